The summed E-state index contributed by atoms with van der Waals surface area (Å²) in [4.78, 5) is 17.7. The monoisotopic (exact) mass is 219 g/mol. The number of amides is 1. The molecule has 1 aliphatic heterocycles. The first-order valence-electron chi connectivity index (χ1n) is 5.74. The molecule has 0 aliphatic carbocycles. The Bertz CT molecular complexity index is 378. The van der Waals surface area contributed by atoms with E-state index in [1.807, 2.05) is 17.0 Å². The first-order chi connectivity index (χ1) is 7.77. The van der Waals surface area contributed by atoms with Gasteiger partial charge in [0.15, 0.2) is 0 Å². The lowest BCUT2D eigenvalue weighted by Gasteiger charge is -2.20. The summed E-state index contributed by atoms with van der Waals surface area (Å²) in [5.74, 6) is 0.764. The number of carbonyl (C=O) groups is 1. The second-order valence-electron chi connectivity index (χ2n) is 4.17. The predicted molar refractivity (Wildman–Crippen MR) is 62.5 cm³/mol. The van der Waals surface area contributed by atoms with Crippen molar-refractivity contribution in [3.63, 3.8) is 0 Å². The van der Waals surface area contributed by atoms with Crippen LogP contribution in [0.3, 0.4) is 0 Å². The molecular formula is C12H17N3O. The minimum atomic E-state index is 0.237. The zero-order chi connectivity index (χ0) is 11.4. The average molecular weight is 219 g/mol. The van der Waals surface area contributed by atoms with Gasteiger partial charge < -0.3 is 10.6 Å². The molecule has 0 aromatic carbocycles. The number of nitrogens with zero attached hydrogens (tertiary/aromatic N) is 2. The molecule has 2 heterocycles. The Kier molecular flexibility index (Phi) is 3.39. The molecule has 86 valence electrons. The molecule has 0 spiro atoms. The van der Waals surface area contributed by atoms with Gasteiger partial charge in [0, 0.05) is 31.3 Å². The lowest BCUT2D eigenvalue weighted by atomic mass is 10.2. The van der Waals surface area contributed by atoms with E-state index >= 15 is 0 Å². The molecular weight excluding hydrogens is 202 g/mol. The number of anilines is 1. The summed E-state index contributed by atoms with van der Waals surface area (Å²) in [6.45, 7) is 1.44. The summed E-state index contributed by atoms with van der Waals surface area (Å²) in [7, 11) is 0. The number of carbonyl (C=O) groups excluding carboxylic acids is 1. The van der Waals surface area contributed by atoms with Crippen molar-refractivity contribution in [3.05, 3.63) is 23.9 Å². The summed E-state index contributed by atoms with van der Waals surface area (Å²) in [5, 5.41) is 0. The molecule has 1 aromatic rings. The molecule has 0 radical (unpaired) electrons. The van der Waals surface area contributed by atoms with Crippen LogP contribution in [0.25, 0.3) is 0 Å². The predicted octanol–water partition coefficient (Wildman–Crippen LogP) is 1.57. The quantitative estimate of drug-likeness (QED) is 0.821. The largest absolute Gasteiger partial charge is 0.383 e. The summed E-state index contributed by atoms with van der Waals surface area (Å²) in [5.41, 5.74) is 6.72. The van der Waals surface area contributed by atoms with Crippen LogP contribution in [0.2, 0.25) is 0 Å². The SMILES string of the molecule is Nc1ncccc1CN1CCCCCC1=O. The highest BCUT2D eigenvalue weighted by Gasteiger charge is 2.17. The van der Waals surface area contributed by atoms with Gasteiger partial charge in [0.25, 0.3) is 0 Å². The fraction of sp³-hybridized carbons (Fsp3) is 0.500. The van der Waals surface area contributed by atoms with E-state index in [1.165, 1.54) is 0 Å². The van der Waals surface area contributed by atoms with E-state index in [0.717, 1.165) is 31.4 Å². The maximum Gasteiger partial charge on any atom is 0.222 e. The standard InChI is InChI=1S/C12H17N3O/c13-12-10(5-4-7-14-12)9-15-8-3-1-2-6-11(15)16/h4-5,7H,1-3,6,8-9H2,(H2,13,14). The molecule has 4 nitrogen and oxygen atoms in total. The van der Waals surface area contributed by atoms with E-state index in [-0.39, 0.29) is 5.91 Å². The molecule has 0 unspecified atom stereocenters. The summed E-state index contributed by atoms with van der Waals surface area (Å²) < 4.78 is 0. The molecule has 1 aliphatic rings. The third-order valence-electron chi connectivity index (χ3n) is 2.96. The van der Waals surface area contributed by atoms with Gasteiger partial charge >= 0.3 is 0 Å². The van der Waals surface area contributed by atoms with Crippen LogP contribution in [-0.2, 0) is 11.3 Å². The minimum Gasteiger partial charge on any atom is -0.383 e. The Morgan fingerprint density at radius 2 is 2.25 bits per heavy atom. The zero-order valence-electron chi connectivity index (χ0n) is 9.35. The normalized spacial score (nSPS) is 17.2. The van der Waals surface area contributed by atoms with Gasteiger partial charge in [-0.3, -0.25) is 4.79 Å². The molecule has 1 saturated heterocycles. The number of aromatic nitrogens is 1. The topological polar surface area (TPSA) is 59.2 Å². The number of pyridine rings is 1. The molecule has 0 bridgehead atoms. The maximum absolute atomic E-state index is 11.8. The van der Waals surface area contributed by atoms with Gasteiger partial charge in [-0.2, -0.15) is 0 Å². The van der Waals surface area contributed by atoms with Crippen molar-refractivity contribution in [2.24, 2.45) is 0 Å². The molecule has 0 saturated carbocycles. The zero-order valence-corrected chi connectivity index (χ0v) is 9.35. The summed E-state index contributed by atoms with van der Waals surface area (Å²) in [6.07, 6.45) is 5.58. The van der Waals surface area contributed by atoms with Gasteiger partial charge in [0.1, 0.15) is 5.82 Å². The Hall–Kier alpha value is -1.58. The number of likely N-dealkylation sites (tertiary alicyclic amines) is 1. The van der Waals surface area contributed by atoms with Crippen molar-refractivity contribution >= 4 is 11.7 Å². The van der Waals surface area contributed by atoms with E-state index in [4.69, 9.17) is 5.73 Å². The van der Waals surface area contributed by atoms with Crippen molar-refractivity contribution in [2.45, 2.75) is 32.2 Å². The van der Waals surface area contributed by atoms with Gasteiger partial charge in [0.05, 0.1) is 0 Å². The highest BCUT2D eigenvalue weighted by atomic mass is 16.2. The third-order valence-corrected chi connectivity index (χ3v) is 2.96. The Morgan fingerprint density at radius 1 is 1.38 bits per heavy atom. The number of rotatable bonds is 2. The van der Waals surface area contributed by atoms with Gasteiger partial charge in [-0.25, -0.2) is 4.98 Å². The van der Waals surface area contributed by atoms with Crippen molar-refractivity contribution < 1.29 is 4.79 Å². The number of hydrogen-bond donors (Lipinski definition) is 1. The molecule has 2 rings (SSSR count). The van der Waals surface area contributed by atoms with Crippen LogP contribution in [0.1, 0.15) is 31.2 Å². The second-order valence-corrected chi connectivity index (χ2v) is 4.17. The number of nitrogen functional groups attached to an aromatic ring is 1. The molecule has 2 N–H and O–H groups in total. The van der Waals surface area contributed by atoms with Crippen LogP contribution in [0.5, 0.6) is 0 Å². The van der Waals surface area contributed by atoms with Crippen molar-refractivity contribution in [1.29, 1.82) is 0 Å². The minimum absolute atomic E-state index is 0.237. The van der Waals surface area contributed by atoms with Crippen molar-refractivity contribution in [3.8, 4) is 0 Å². The Morgan fingerprint density at radius 3 is 3.06 bits per heavy atom. The number of hydrogen-bond acceptors (Lipinski definition) is 3. The lowest BCUT2D eigenvalue weighted by molar-refractivity contribution is -0.131. The lowest BCUT2D eigenvalue weighted by Crippen LogP contribution is -2.30. The van der Waals surface area contributed by atoms with Crippen LogP contribution in [-0.4, -0.2) is 22.3 Å². The van der Waals surface area contributed by atoms with Crippen LogP contribution >= 0.6 is 0 Å². The van der Waals surface area contributed by atoms with E-state index in [0.29, 0.717) is 18.8 Å². The van der Waals surface area contributed by atoms with Gasteiger partial charge in [-0.1, -0.05) is 12.5 Å². The Balaban J connectivity index is 2.08. The maximum atomic E-state index is 11.8. The van der Waals surface area contributed by atoms with Gasteiger partial charge in [-0.15, -0.1) is 0 Å². The molecule has 1 aromatic heterocycles. The number of nitrogens with two attached hydrogens (primary N) is 1. The molecule has 16 heavy (non-hydrogen) atoms. The fourth-order valence-electron chi connectivity index (χ4n) is 2.00. The van der Waals surface area contributed by atoms with E-state index in [9.17, 15) is 4.79 Å². The van der Waals surface area contributed by atoms with Crippen molar-refractivity contribution in [2.75, 3.05) is 12.3 Å². The van der Waals surface area contributed by atoms with Gasteiger partial charge in [0.2, 0.25) is 5.91 Å². The van der Waals surface area contributed by atoms with Crippen LogP contribution in [0.15, 0.2) is 18.3 Å². The molecule has 4 heteroatoms. The smallest absolute Gasteiger partial charge is 0.222 e. The first kappa shape index (κ1) is 10.9. The van der Waals surface area contributed by atoms with Crippen LogP contribution in [0.4, 0.5) is 5.82 Å². The summed E-state index contributed by atoms with van der Waals surface area (Å²) in [6, 6.07) is 3.79. The van der Waals surface area contributed by atoms with Crippen LogP contribution < -0.4 is 5.73 Å². The average Bonchev–Trinajstić information content (AvgIpc) is 2.48. The van der Waals surface area contributed by atoms with E-state index < -0.39 is 0 Å². The summed E-state index contributed by atoms with van der Waals surface area (Å²) >= 11 is 0. The second kappa shape index (κ2) is 4.96. The first-order valence-corrected chi connectivity index (χ1v) is 5.74. The van der Waals surface area contributed by atoms with Gasteiger partial charge in [-0.05, 0) is 18.9 Å². The Labute approximate surface area is 95.5 Å². The van der Waals surface area contributed by atoms with Crippen molar-refractivity contribution in [1.82, 2.24) is 9.88 Å². The molecule has 1 fully saturated rings. The molecule has 1 amide bonds. The van der Waals surface area contributed by atoms with E-state index in [2.05, 4.69) is 4.98 Å². The van der Waals surface area contributed by atoms with E-state index in [1.54, 1.807) is 6.20 Å². The van der Waals surface area contributed by atoms with Crippen LogP contribution in [0, 0.1) is 0 Å². The third kappa shape index (κ3) is 2.51. The highest BCUT2D eigenvalue weighted by Crippen LogP contribution is 2.16. The molecule has 0 atom stereocenters. The fourth-order valence-corrected chi connectivity index (χ4v) is 2.00. The highest BCUT2D eigenvalue weighted by molar-refractivity contribution is 5.76.